The zero-order valence-corrected chi connectivity index (χ0v) is 18.7. The number of fused-ring (bicyclic) bond motifs is 1. The fourth-order valence-electron chi connectivity index (χ4n) is 3.85. The van der Waals surface area contributed by atoms with E-state index in [4.69, 9.17) is 23.2 Å². The van der Waals surface area contributed by atoms with Gasteiger partial charge in [-0.3, -0.25) is 19.7 Å². The Morgan fingerprint density at radius 3 is 2.61 bits per heavy atom. The highest BCUT2D eigenvalue weighted by atomic mass is 35.5. The molecule has 1 fully saturated rings. The molecule has 7 nitrogen and oxygen atoms in total. The Labute approximate surface area is 190 Å². The van der Waals surface area contributed by atoms with Crippen molar-refractivity contribution in [2.45, 2.75) is 20.3 Å². The molecule has 0 atom stereocenters. The van der Waals surface area contributed by atoms with E-state index in [1.807, 2.05) is 24.0 Å². The molecule has 1 aliphatic rings. The molecule has 3 amide bonds. The fraction of sp³-hybridized carbons (Fsp3) is 0.273. The Bertz CT molecular complexity index is 1160. The molecule has 0 unspecified atom stereocenters. The minimum absolute atomic E-state index is 0.0118. The lowest BCUT2D eigenvalue weighted by molar-refractivity contribution is 0.102. The van der Waals surface area contributed by atoms with Gasteiger partial charge in [-0.2, -0.15) is 0 Å². The molecule has 2 aromatic heterocycles. The lowest BCUT2D eigenvalue weighted by atomic mass is 10.1. The number of aromatic nitrogens is 2. The first-order valence-corrected chi connectivity index (χ1v) is 10.7. The number of nitrogens with zero attached hydrogens (tertiary/aromatic N) is 4. The van der Waals surface area contributed by atoms with Crippen LogP contribution in [0.25, 0.3) is 10.9 Å². The van der Waals surface area contributed by atoms with Crippen LogP contribution in [0.4, 0.5) is 16.2 Å². The summed E-state index contributed by atoms with van der Waals surface area (Å²) in [4.78, 5) is 37.9. The minimum atomic E-state index is -0.458. The summed E-state index contributed by atoms with van der Waals surface area (Å²) < 4.78 is 0. The fourth-order valence-corrected chi connectivity index (χ4v) is 4.38. The number of pyridine rings is 2. The number of urea groups is 1. The largest absolute Gasteiger partial charge is 0.324 e. The van der Waals surface area contributed by atoms with E-state index in [1.54, 1.807) is 17.2 Å². The number of halogens is 2. The van der Waals surface area contributed by atoms with Crippen LogP contribution < -0.4 is 10.2 Å². The van der Waals surface area contributed by atoms with E-state index in [9.17, 15) is 9.59 Å². The monoisotopic (exact) mass is 457 g/mol. The normalized spacial score (nSPS) is 13.9. The number of benzene rings is 1. The van der Waals surface area contributed by atoms with E-state index < -0.39 is 5.91 Å². The molecule has 1 aliphatic heterocycles. The van der Waals surface area contributed by atoms with Crippen LogP contribution in [0.1, 0.15) is 29.3 Å². The van der Waals surface area contributed by atoms with Crippen molar-refractivity contribution in [1.29, 1.82) is 0 Å². The molecule has 3 heterocycles. The van der Waals surface area contributed by atoms with E-state index in [-0.39, 0.29) is 21.6 Å². The summed E-state index contributed by atoms with van der Waals surface area (Å²) in [5.41, 5.74) is 2.93. The van der Waals surface area contributed by atoms with Gasteiger partial charge >= 0.3 is 6.03 Å². The third kappa shape index (κ3) is 3.91. The molecule has 9 heteroatoms. The van der Waals surface area contributed by atoms with Gasteiger partial charge in [-0.05, 0) is 25.0 Å². The molecule has 3 aromatic rings. The Morgan fingerprint density at radius 1 is 1.16 bits per heavy atom. The quantitative estimate of drug-likeness (QED) is 0.574. The smallest absolute Gasteiger partial charge is 0.323 e. The van der Waals surface area contributed by atoms with Crippen molar-refractivity contribution < 1.29 is 9.59 Å². The van der Waals surface area contributed by atoms with Gasteiger partial charge in [0.2, 0.25) is 0 Å². The molecule has 160 valence electrons. The second-order valence-corrected chi connectivity index (χ2v) is 8.16. The van der Waals surface area contributed by atoms with Crippen LogP contribution in [0.2, 0.25) is 10.0 Å². The van der Waals surface area contributed by atoms with E-state index in [2.05, 4.69) is 22.2 Å². The minimum Gasteiger partial charge on any atom is -0.323 e. The average Bonchev–Trinajstić information content (AvgIpc) is 3.08. The molecule has 0 radical (unpaired) electrons. The standard InChI is InChI=1S/C22H21Cl2N5O2/c1-3-7-28-8-9-29(22(28)31)20-13(2)10-26-19-14(20)5-4-6-17(19)27-21(30)18-15(23)11-25-12-16(18)24/h4-6,10-12H,3,7-9H2,1-2H3,(H,27,30). The number of para-hydroxylation sites is 1. The van der Waals surface area contributed by atoms with Gasteiger partial charge in [-0.1, -0.05) is 42.3 Å². The number of anilines is 2. The van der Waals surface area contributed by atoms with Crippen molar-refractivity contribution in [1.82, 2.24) is 14.9 Å². The zero-order valence-electron chi connectivity index (χ0n) is 17.2. The lowest BCUT2D eigenvalue weighted by Crippen LogP contribution is -2.32. The van der Waals surface area contributed by atoms with Crippen LogP contribution in [0.15, 0.2) is 36.8 Å². The second-order valence-electron chi connectivity index (χ2n) is 7.35. The first-order valence-electron chi connectivity index (χ1n) is 9.97. The summed E-state index contributed by atoms with van der Waals surface area (Å²) in [7, 11) is 0. The predicted octanol–water partition coefficient (Wildman–Crippen LogP) is 5.15. The summed E-state index contributed by atoms with van der Waals surface area (Å²) in [5.74, 6) is -0.458. The maximum atomic E-state index is 12.9. The van der Waals surface area contributed by atoms with Crippen molar-refractivity contribution >= 4 is 57.4 Å². The van der Waals surface area contributed by atoms with Crippen LogP contribution in [-0.2, 0) is 0 Å². The maximum Gasteiger partial charge on any atom is 0.324 e. The number of hydrogen-bond acceptors (Lipinski definition) is 4. The number of nitrogens with one attached hydrogen (secondary N) is 1. The van der Waals surface area contributed by atoms with Gasteiger partial charge in [-0.15, -0.1) is 0 Å². The topological polar surface area (TPSA) is 78.4 Å². The highest BCUT2D eigenvalue weighted by Crippen LogP contribution is 2.35. The Balaban J connectivity index is 1.74. The van der Waals surface area contributed by atoms with Crippen molar-refractivity contribution in [3.63, 3.8) is 0 Å². The van der Waals surface area contributed by atoms with Gasteiger partial charge in [0.25, 0.3) is 5.91 Å². The van der Waals surface area contributed by atoms with Crippen LogP contribution in [-0.4, -0.2) is 46.4 Å². The van der Waals surface area contributed by atoms with E-state index in [1.165, 1.54) is 12.4 Å². The predicted molar refractivity (Wildman–Crippen MR) is 123 cm³/mol. The molecule has 0 saturated carbocycles. The molecule has 0 bridgehead atoms. The Kier molecular flexibility index (Phi) is 5.98. The van der Waals surface area contributed by atoms with Gasteiger partial charge in [0.1, 0.15) is 0 Å². The summed E-state index contributed by atoms with van der Waals surface area (Å²) in [6, 6.07) is 5.47. The molecule has 1 N–H and O–H groups in total. The molecule has 1 saturated heterocycles. The highest BCUT2D eigenvalue weighted by molar-refractivity contribution is 6.40. The Hall–Kier alpha value is -2.90. The lowest BCUT2D eigenvalue weighted by Gasteiger charge is -2.22. The number of amides is 3. The number of hydrogen-bond donors (Lipinski definition) is 1. The molecule has 31 heavy (non-hydrogen) atoms. The maximum absolute atomic E-state index is 12.9. The van der Waals surface area contributed by atoms with Crippen molar-refractivity contribution in [2.75, 3.05) is 29.9 Å². The van der Waals surface area contributed by atoms with Gasteiger partial charge in [0.05, 0.1) is 32.5 Å². The summed E-state index contributed by atoms with van der Waals surface area (Å²) in [5, 5.41) is 3.96. The van der Waals surface area contributed by atoms with Gasteiger partial charge in [0, 0.05) is 43.6 Å². The summed E-state index contributed by atoms with van der Waals surface area (Å²) >= 11 is 12.2. The van der Waals surface area contributed by atoms with Crippen LogP contribution in [0.5, 0.6) is 0 Å². The van der Waals surface area contributed by atoms with Crippen LogP contribution >= 0.6 is 23.2 Å². The number of carbonyl (C=O) groups excluding carboxylic acids is 2. The zero-order chi connectivity index (χ0) is 22.1. The van der Waals surface area contributed by atoms with Crippen molar-refractivity contribution in [3.05, 3.63) is 58.0 Å². The van der Waals surface area contributed by atoms with Gasteiger partial charge in [0.15, 0.2) is 0 Å². The summed E-state index contributed by atoms with van der Waals surface area (Å²) in [6.45, 7) is 6.01. The first-order chi connectivity index (χ1) is 14.9. The van der Waals surface area contributed by atoms with Gasteiger partial charge in [-0.25, -0.2) is 4.79 Å². The van der Waals surface area contributed by atoms with Crippen LogP contribution in [0.3, 0.4) is 0 Å². The van der Waals surface area contributed by atoms with E-state index in [0.717, 1.165) is 29.6 Å². The first kappa shape index (κ1) is 21.3. The third-order valence-electron chi connectivity index (χ3n) is 5.24. The molecule has 1 aromatic carbocycles. The number of carbonyl (C=O) groups is 2. The summed E-state index contributed by atoms with van der Waals surface area (Å²) in [6.07, 6.45) is 5.36. The second kappa shape index (κ2) is 8.69. The Morgan fingerprint density at radius 2 is 1.90 bits per heavy atom. The van der Waals surface area contributed by atoms with E-state index in [0.29, 0.717) is 24.3 Å². The van der Waals surface area contributed by atoms with E-state index >= 15 is 0 Å². The van der Waals surface area contributed by atoms with Crippen LogP contribution in [0, 0.1) is 6.92 Å². The molecular formula is C22H21Cl2N5O2. The molecule has 4 rings (SSSR count). The van der Waals surface area contributed by atoms with Gasteiger partial charge < -0.3 is 10.2 Å². The molecular weight excluding hydrogens is 437 g/mol. The highest BCUT2D eigenvalue weighted by Gasteiger charge is 2.31. The molecule has 0 aliphatic carbocycles. The number of rotatable bonds is 5. The van der Waals surface area contributed by atoms with Crippen molar-refractivity contribution in [2.24, 2.45) is 0 Å². The third-order valence-corrected chi connectivity index (χ3v) is 5.81. The average molecular weight is 458 g/mol. The SMILES string of the molecule is CCCN1CCN(c2c(C)cnc3c(NC(=O)c4c(Cl)cncc4Cl)cccc23)C1=O. The number of aryl methyl sites for hydroxylation is 1. The van der Waals surface area contributed by atoms with Crippen molar-refractivity contribution in [3.8, 4) is 0 Å². The molecule has 0 spiro atoms.